The fraction of sp³-hybridized carbons (Fsp3) is 0.0500. The molecule has 24 heavy (non-hydrogen) atoms. The van der Waals surface area contributed by atoms with Crippen molar-refractivity contribution in [1.82, 2.24) is 0 Å². The molecule has 0 aliphatic heterocycles. The molecule has 0 bridgehead atoms. The van der Waals surface area contributed by atoms with Gasteiger partial charge in [0.1, 0.15) is 18.9 Å². The van der Waals surface area contributed by atoms with E-state index < -0.39 is 0 Å². The molecule has 0 heterocycles. The van der Waals surface area contributed by atoms with E-state index >= 15 is 0 Å². The number of fused-ring (bicyclic) bond motifs is 1. The van der Waals surface area contributed by atoms with E-state index in [-0.39, 0.29) is 5.82 Å². The van der Waals surface area contributed by atoms with Crippen molar-refractivity contribution in [3.63, 3.8) is 0 Å². The first kappa shape index (κ1) is 15.3. The van der Waals surface area contributed by atoms with Crippen LogP contribution < -0.4 is 4.74 Å². The van der Waals surface area contributed by atoms with Crippen molar-refractivity contribution in [2.45, 2.75) is 0 Å². The minimum absolute atomic E-state index is 0.0715. The highest BCUT2D eigenvalue weighted by molar-refractivity contribution is 6.16. The Labute approximate surface area is 140 Å². The van der Waals surface area contributed by atoms with Gasteiger partial charge in [-0.25, -0.2) is 4.99 Å². The van der Waals surface area contributed by atoms with Gasteiger partial charge in [-0.15, -0.1) is 0 Å². The lowest BCUT2D eigenvalue weighted by molar-refractivity contribution is 0.415. The van der Waals surface area contributed by atoms with E-state index in [2.05, 4.69) is 14.7 Å². The molecule has 0 atom stereocenters. The molecule has 2 aromatic rings. The topological polar surface area (TPSA) is 30.3 Å². The molecule has 0 unspecified atom stereocenters. The number of rotatable bonds is 2. The molecule has 0 aromatic heterocycles. The van der Waals surface area contributed by atoms with Crippen molar-refractivity contribution in [2.24, 2.45) is 4.99 Å². The summed E-state index contributed by atoms with van der Waals surface area (Å²) < 4.78 is 5.16. The second-order valence-electron chi connectivity index (χ2n) is 5.03. The maximum Gasteiger partial charge on any atom is 0.527 e. The first-order valence-electron chi connectivity index (χ1n) is 7.26. The standard InChI is InChI=1S/C20H13N3O/c1-21-20(22-2)18-12-13-19(17-7-5-4-6-16(17)18)23-14-8-10-15(24-3)11-9-14/h4-13H,3H3. The molecular formula is C20H13N3O. The SMILES string of the molecule is [C-]#[N+]C([N+]#[C-])=C1C=CC(=Nc2ccc(OC)cc2)c2ccccc21. The van der Waals surface area contributed by atoms with Gasteiger partial charge in [-0.1, -0.05) is 30.3 Å². The van der Waals surface area contributed by atoms with Gasteiger partial charge in [0, 0.05) is 5.56 Å². The fourth-order valence-electron chi connectivity index (χ4n) is 2.52. The molecule has 4 nitrogen and oxygen atoms in total. The molecule has 114 valence electrons. The minimum Gasteiger partial charge on any atom is -0.497 e. The molecule has 0 N–H and O–H groups in total. The molecular weight excluding hydrogens is 298 g/mol. The molecule has 0 saturated heterocycles. The number of benzene rings is 2. The lowest BCUT2D eigenvalue weighted by atomic mass is 9.91. The average molecular weight is 311 g/mol. The molecule has 0 spiro atoms. The molecule has 0 amide bonds. The van der Waals surface area contributed by atoms with Crippen molar-refractivity contribution in [3.05, 3.63) is 100 Å². The fourth-order valence-corrected chi connectivity index (χ4v) is 2.52. The maximum atomic E-state index is 7.18. The van der Waals surface area contributed by atoms with E-state index in [4.69, 9.17) is 17.9 Å². The molecule has 0 saturated carbocycles. The monoisotopic (exact) mass is 311 g/mol. The number of allylic oxidation sites excluding steroid dienone is 3. The molecule has 1 aliphatic rings. The Morgan fingerprint density at radius 1 is 0.917 bits per heavy atom. The van der Waals surface area contributed by atoms with Gasteiger partial charge in [-0.05, 0) is 35.9 Å². The summed E-state index contributed by atoms with van der Waals surface area (Å²) >= 11 is 0. The third kappa shape index (κ3) is 2.82. The second-order valence-corrected chi connectivity index (χ2v) is 5.03. The quantitative estimate of drug-likeness (QED) is 0.726. The molecule has 4 heteroatoms. The summed E-state index contributed by atoms with van der Waals surface area (Å²) in [7, 11) is 1.63. The number of ether oxygens (including phenoxy) is 1. The Hall–Kier alpha value is -3.63. The predicted octanol–water partition coefficient (Wildman–Crippen LogP) is 4.89. The Bertz CT molecular complexity index is 936. The lowest BCUT2D eigenvalue weighted by Crippen LogP contribution is -2.06. The summed E-state index contributed by atoms with van der Waals surface area (Å²) in [5, 5.41) is 0. The van der Waals surface area contributed by atoms with Crippen molar-refractivity contribution < 1.29 is 4.74 Å². The zero-order chi connectivity index (χ0) is 16.9. The van der Waals surface area contributed by atoms with E-state index in [1.165, 1.54) is 0 Å². The molecule has 1 aliphatic carbocycles. The smallest absolute Gasteiger partial charge is 0.497 e. The second kappa shape index (κ2) is 6.64. The normalized spacial score (nSPS) is 13.8. The largest absolute Gasteiger partial charge is 0.527 e. The minimum atomic E-state index is 0.0715. The van der Waals surface area contributed by atoms with Gasteiger partial charge < -0.3 is 4.74 Å². The lowest BCUT2D eigenvalue weighted by Gasteiger charge is -2.14. The number of hydrogen-bond donors (Lipinski definition) is 0. The van der Waals surface area contributed by atoms with Crippen LogP contribution in [-0.4, -0.2) is 12.8 Å². The summed E-state index contributed by atoms with van der Waals surface area (Å²) in [6.45, 7) is 14.4. The average Bonchev–Trinajstić information content (AvgIpc) is 2.65. The van der Waals surface area contributed by atoms with Crippen LogP contribution in [0.5, 0.6) is 5.75 Å². The van der Waals surface area contributed by atoms with E-state index in [1.807, 2.05) is 54.6 Å². The van der Waals surface area contributed by atoms with E-state index in [1.54, 1.807) is 13.2 Å². The Morgan fingerprint density at radius 3 is 2.21 bits per heavy atom. The van der Waals surface area contributed by atoms with Gasteiger partial charge in [0.2, 0.25) is 0 Å². The van der Waals surface area contributed by atoms with Crippen LogP contribution in [-0.2, 0) is 0 Å². The highest BCUT2D eigenvalue weighted by Crippen LogP contribution is 2.31. The zero-order valence-electron chi connectivity index (χ0n) is 13.0. The summed E-state index contributed by atoms with van der Waals surface area (Å²) in [6, 6.07) is 15.2. The van der Waals surface area contributed by atoms with Crippen LogP contribution in [0.2, 0.25) is 0 Å². The molecule has 0 fully saturated rings. The first-order chi connectivity index (χ1) is 11.8. The van der Waals surface area contributed by atoms with E-state index in [0.717, 1.165) is 28.3 Å². The highest BCUT2D eigenvalue weighted by atomic mass is 16.5. The van der Waals surface area contributed by atoms with Crippen LogP contribution in [0.1, 0.15) is 11.1 Å². The van der Waals surface area contributed by atoms with E-state index in [0.29, 0.717) is 5.57 Å². The summed E-state index contributed by atoms with van der Waals surface area (Å²) in [6.07, 6.45) is 3.63. The van der Waals surface area contributed by atoms with E-state index in [9.17, 15) is 0 Å². The maximum absolute atomic E-state index is 7.18. The third-order valence-electron chi connectivity index (χ3n) is 3.68. The van der Waals surface area contributed by atoms with Crippen LogP contribution >= 0.6 is 0 Å². The Morgan fingerprint density at radius 2 is 1.58 bits per heavy atom. The third-order valence-corrected chi connectivity index (χ3v) is 3.68. The molecule has 2 aromatic carbocycles. The summed E-state index contributed by atoms with van der Waals surface area (Å²) in [5.74, 6) is 0.852. The van der Waals surface area contributed by atoms with Crippen LogP contribution in [0, 0.1) is 13.1 Å². The number of methoxy groups -OCH3 is 1. The van der Waals surface area contributed by atoms with Gasteiger partial charge in [-0.3, -0.25) is 0 Å². The van der Waals surface area contributed by atoms with Crippen molar-refractivity contribution in [1.29, 1.82) is 0 Å². The highest BCUT2D eigenvalue weighted by Gasteiger charge is 2.22. The van der Waals surface area contributed by atoms with Crippen LogP contribution in [0.25, 0.3) is 15.3 Å². The Kier molecular flexibility index (Phi) is 4.23. The number of aliphatic imine (C=N–C) groups is 1. The Balaban J connectivity index is 2.11. The van der Waals surface area contributed by atoms with Gasteiger partial charge in [-0.2, -0.15) is 9.69 Å². The number of nitrogens with zero attached hydrogens (tertiary/aromatic N) is 3. The summed E-state index contributed by atoms with van der Waals surface area (Å²) in [5.41, 5.74) is 4.02. The van der Waals surface area contributed by atoms with Crippen molar-refractivity contribution in [2.75, 3.05) is 7.11 Å². The van der Waals surface area contributed by atoms with Gasteiger partial charge in [0.25, 0.3) is 0 Å². The summed E-state index contributed by atoms with van der Waals surface area (Å²) in [4.78, 5) is 11.3. The molecule has 0 radical (unpaired) electrons. The predicted molar refractivity (Wildman–Crippen MR) is 94.9 cm³/mol. The van der Waals surface area contributed by atoms with Crippen LogP contribution in [0.4, 0.5) is 5.69 Å². The molecule has 3 rings (SSSR count). The van der Waals surface area contributed by atoms with Gasteiger partial charge in [0.05, 0.1) is 24.1 Å². The van der Waals surface area contributed by atoms with Crippen LogP contribution in [0.15, 0.2) is 71.5 Å². The van der Waals surface area contributed by atoms with Crippen molar-refractivity contribution >= 4 is 17.0 Å². The van der Waals surface area contributed by atoms with Crippen molar-refractivity contribution in [3.8, 4) is 5.75 Å². The zero-order valence-corrected chi connectivity index (χ0v) is 13.0. The first-order valence-corrected chi connectivity index (χ1v) is 7.26. The number of hydrogen-bond acceptors (Lipinski definition) is 2. The van der Waals surface area contributed by atoms with Gasteiger partial charge >= 0.3 is 5.82 Å². The van der Waals surface area contributed by atoms with Crippen LogP contribution in [0.3, 0.4) is 0 Å². The van der Waals surface area contributed by atoms with Gasteiger partial charge in [0.15, 0.2) is 0 Å².